The zero-order valence-electron chi connectivity index (χ0n) is 14.6. The van der Waals surface area contributed by atoms with Gasteiger partial charge in [-0.15, -0.1) is 0 Å². The van der Waals surface area contributed by atoms with Gasteiger partial charge in [0.2, 0.25) is 0 Å². The minimum Gasteiger partial charge on any atom is -0.323 e. The van der Waals surface area contributed by atoms with E-state index < -0.39 is 0 Å². The van der Waals surface area contributed by atoms with Crippen LogP contribution in [0, 0.1) is 0 Å². The summed E-state index contributed by atoms with van der Waals surface area (Å²) in [5.41, 5.74) is 10.6. The summed E-state index contributed by atoms with van der Waals surface area (Å²) in [5.74, 6) is 0. The van der Waals surface area contributed by atoms with Crippen LogP contribution in [0.3, 0.4) is 0 Å². The number of H-pyrrole nitrogens is 1. The number of aromatic nitrogens is 4. The summed E-state index contributed by atoms with van der Waals surface area (Å²) >= 11 is 0. The molecule has 130 valence electrons. The Kier molecular flexibility index (Phi) is 3.89. The van der Waals surface area contributed by atoms with Crippen LogP contribution < -0.4 is 11.3 Å². The second-order valence-corrected chi connectivity index (χ2v) is 6.38. The Morgan fingerprint density at radius 1 is 1.08 bits per heavy atom. The van der Waals surface area contributed by atoms with Gasteiger partial charge in [-0.2, -0.15) is 10.2 Å². The highest BCUT2D eigenvalue weighted by Crippen LogP contribution is 2.33. The van der Waals surface area contributed by atoms with Crippen LogP contribution >= 0.6 is 0 Å². The lowest BCUT2D eigenvalue weighted by Gasteiger charge is -2.11. The normalized spacial score (nSPS) is 12.4. The van der Waals surface area contributed by atoms with Crippen LogP contribution in [0.5, 0.6) is 0 Å². The van der Waals surface area contributed by atoms with Gasteiger partial charge in [0, 0.05) is 29.6 Å². The second kappa shape index (κ2) is 6.24. The first-order chi connectivity index (χ1) is 12.6. The van der Waals surface area contributed by atoms with E-state index in [1.54, 1.807) is 0 Å². The number of aromatic amines is 1. The highest BCUT2D eigenvalue weighted by molar-refractivity contribution is 5.91. The topological polar surface area (TPSA) is 89.6 Å². The quantitative estimate of drug-likeness (QED) is 0.597. The summed E-state index contributed by atoms with van der Waals surface area (Å²) < 4.78 is 1.86. The third kappa shape index (κ3) is 2.60. The SMILES string of the molecule is CC(N)c1n[nH]c(=O)c2ccc(-c3cnn(C)c3-c3ccccc3)cc12. The maximum absolute atomic E-state index is 12.1. The molecular formula is C20H19N5O. The van der Waals surface area contributed by atoms with Crippen LogP contribution in [0.25, 0.3) is 33.2 Å². The third-order valence-electron chi connectivity index (χ3n) is 4.55. The molecule has 4 rings (SSSR count). The minimum absolute atomic E-state index is 0.217. The maximum atomic E-state index is 12.1. The molecular weight excluding hydrogens is 326 g/mol. The lowest BCUT2D eigenvalue weighted by Crippen LogP contribution is -2.16. The van der Waals surface area contributed by atoms with E-state index in [4.69, 9.17) is 5.73 Å². The van der Waals surface area contributed by atoms with Gasteiger partial charge in [-0.25, -0.2) is 5.10 Å². The number of rotatable bonds is 3. The zero-order chi connectivity index (χ0) is 18.3. The summed E-state index contributed by atoms with van der Waals surface area (Å²) in [5, 5.41) is 12.5. The van der Waals surface area contributed by atoms with Gasteiger partial charge in [-0.3, -0.25) is 9.48 Å². The molecule has 0 saturated carbocycles. The largest absolute Gasteiger partial charge is 0.323 e. The molecule has 0 spiro atoms. The molecule has 4 aromatic rings. The van der Waals surface area contributed by atoms with Crippen molar-refractivity contribution in [1.82, 2.24) is 20.0 Å². The Hall–Kier alpha value is -3.25. The summed E-state index contributed by atoms with van der Waals surface area (Å²) in [4.78, 5) is 12.1. The highest BCUT2D eigenvalue weighted by Gasteiger charge is 2.16. The summed E-state index contributed by atoms with van der Waals surface area (Å²) in [6, 6.07) is 15.6. The van der Waals surface area contributed by atoms with Gasteiger partial charge in [0.05, 0.1) is 23.0 Å². The highest BCUT2D eigenvalue weighted by atomic mass is 16.1. The molecule has 6 nitrogen and oxygen atoms in total. The smallest absolute Gasteiger partial charge is 0.272 e. The van der Waals surface area contributed by atoms with Gasteiger partial charge >= 0.3 is 0 Å². The van der Waals surface area contributed by atoms with E-state index in [1.807, 2.05) is 61.2 Å². The van der Waals surface area contributed by atoms with E-state index in [0.29, 0.717) is 11.1 Å². The average Bonchev–Trinajstić information content (AvgIpc) is 3.03. The lowest BCUT2D eigenvalue weighted by molar-refractivity contribution is 0.759. The molecule has 0 aliphatic heterocycles. The van der Waals surface area contributed by atoms with Gasteiger partial charge in [0.25, 0.3) is 5.56 Å². The van der Waals surface area contributed by atoms with Crippen molar-refractivity contribution in [2.24, 2.45) is 12.8 Å². The minimum atomic E-state index is -0.285. The summed E-state index contributed by atoms with van der Waals surface area (Å²) in [7, 11) is 1.92. The third-order valence-corrected chi connectivity index (χ3v) is 4.55. The number of nitrogens with zero attached hydrogens (tertiary/aromatic N) is 3. The first-order valence-electron chi connectivity index (χ1n) is 8.42. The standard InChI is InChI=1S/C20H19N5O/c1-12(21)18-16-10-14(8-9-15(16)20(26)24-23-18)17-11-22-25(2)19(17)13-6-4-3-5-7-13/h3-12H,21H2,1-2H3,(H,24,26). The summed E-state index contributed by atoms with van der Waals surface area (Å²) in [6.45, 7) is 1.85. The van der Waals surface area contributed by atoms with E-state index in [-0.39, 0.29) is 11.6 Å². The Balaban J connectivity index is 1.97. The fraction of sp³-hybridized carbons (Fsp3) is 0.150. The Bertz CT molecular complexity index is 1140. The predicted octanol–water partition coefficient (Wildman–Crippen LogP) is 3.01. The fourth-order valence-electron chi connectivity index (χ4n) is 3.29. The van der Waals surface area contributed by atoms with Crippen LogP contribution in [0.4, 0.5) is 0 Å². The van der Waals surface area contributed by atoms with Crippen molar-refractivity contribution < 1.29 is 0 Å². The number of hydrogen-bond acceptors (Lipinski definition) is 4. The Morgan fingerprint density at radius 2 is 1.85 bits per heavy atom. The Labute approximate surface area is 150 Å². The molecule has 1 atom stereocenters. The van der Waals surface area contributed by atoms with Crippen molar-refractivity contribution in [3.05, 3.63) is 70.8 Å². The molecule has 0 fully saturated rings. The van der Waals surface area contributed by atoms with Crippen molar-refractivity contribution in [2.75, 3.05) is 0 Å². The summed E-state index contributed by atoms with van der Waals surface area (Å²) in [6.07, 6.45) is 1.84. The zero-order valence-corrected chi connectivity index (χ0v) is 14.6. The van der Waals surface area contributed by atoms with E-state index >= 15 is 0 Å². The number of nitrogens with one attached hydrogen (secondary N) is 1. The van der Waals surface area contributed by atoms with Crippen LogP contribution in [0.1, 0.15) is 18.7 Å². The van der Waals surface area contributed by atoms with Crippen molar-refractivity contribution in [3.8, 4) is 22.4 Å². The van der Waals surface area contributed by atoms with E-state index in [9.17, 15) is 4.79 Å². The molecule has 0 bridgehead atoms. The molecule has 2 heterocycles. The second-order valence-electron chi connectivity index (χ2n) is 6.38. The monoisotopic (exact) mass is 345 g/mol. The number of fused-ring (bicyclic) bond motifs is 1. The van der Waals surface area contributed by atoms with E-state index in [2.05, 4.69) is 27.4 Å². The fourth-order valence-corrected chi connectivity index (χ4v) is 3.29. The first-order valence-corrected chi connectivity index (χ1v) is 8.42. The van der Waals surface area contributed by atoms with Crippen molar-refractivity contribution >= 4 is 10.8 Å². The maximum Gasteiger partial charge on any atom is 0.272 e. The molecule has 1 unspecified atom stereocenters. The van der Waals surface area contributed by atoms with Gasteiger partial charge in [0.1, 0.15) is 0 Å². The molecule has 0 saturated heterocycles. The van der Waals surface area contributed by atoms with Crippen molar-refractivity contribution in [1.29, 1.82) is 0 Å². The molecule has 6 heteroatoms. The Morgan fingerprint density at radius 3 is 2.58 bits per heavy atom. The lowest BCUT2D eigenvalue weighted by atomic mass is 9.98. The molecule has 0 amide bonds. The van der Waals surface area contributed by atoms with Gasteiger partial charge in [-0.1, -0.05) is 36.4 Å². The average molecular weight is 345 g/mol. The number of nitrogens with two attached hydrogens (primary N) is 1. The van der Waals surface area contributed by atoms with Crippen LogP contribution in [0.15, 0.2) is 59.5 Å². The van der Waals surface area contributed by atoms with Crippen molar-refractivity contribution in [2.45, 2.75) is 13.0 Å². The first kappa shape index (κ1) is 16.2. The van der Waals surface area contributed by atoms with Crippen molar-refractivity contribution in [3.63, 3.8) is 0 Å². The number of hydrogen-bond donors (Lipinski definition) is 2. The predicted molar refractivity (Wildman–Crippen MR) is 103 cm³/mol. The molecule has 3 N–H and O–H groups in total. The number of benzene rings is 2. The number of aryl methyl sites for hydroxylation is 1. The molecule has 0 radical (unpaired) electrons. The van der Waals surface area contributed by atoms with Crippen LogP contribution in [-0.4, -0.2) is 20.0 Å². The molecule has 2 aromatic carbocycles. The van der Waals surface area contributed by atoms with Crippen LogP contribution in [-0.2, 0) is 7.05 Å². The van der Waals surface area contributed by atoms with E-state index in [0.717, 1.165) is 27.8 Å². The molecule has 2 aromatic heterocycles. The van der Waals surface area contributed by atoms with Gasteiger partial charge in [0.15, 0.2) is 0 Å². The van der Waals surface area contributed by atoms with Crippen LogP contribution in [0.2, 0.25) is 0 Å². The van der Waals surface area contributed by atoms with Gasteiger partial charge in [-0.05, 0) is 24.6 Å². The van der Waals surface area contributed by atoms with E-state index in [1.165, 1.54) is 0 Å². The molecule has 0 aliphatic rings. The van der Waals surface area contributed by atoms with Gasteiger partial charge < -0.3 is 5.73 Å². The molecule has 0 aliphatic carbocycles. The molecule has 26 heavy (non-hydrogen) atoms.